The number of rotatable bonds is 6. The molecular formula is C26H26N2O5. The number of nitrogens with one attached hydrogen (secondary N) is 1. The topological polar surface area (TPSA) is 86.8 Å². The zero-order valence-electron chi connectivity index (χ0n) is 18.9. The summed E-state index contributed by atoms with van der Waals surface area (Å²) in [6.45, 7) is 4.44. The predicted molar refractivity (Wildman–Crippen MR) is 124 cm³/mol. The third-order valence-electron chi connectivity index (χ3n) is 5.46. The summed E-state index contributed by atoms with van der Waals surface area (Å²) >= 11 is 0. The lowest BCUT2D eigenvalue weighted by Gasteiger charge is -2.33. The van der Waals surface area contributed by atoms with Crippen LogP contribution in [0.15, 0.2) is 60.8 Å². The van der Waals surface area contributed by atoms with Gasteiger partial charge < -0.3 is 19.5 Å². The first-order valence-corrected chi connectivity index (χ1v) is 10.7. The molecule has 1 aliphatic rings. The van der Waals surface area contributed by atoms with E-state index in [0.717, 1.165) is 24.0 Å². The number of hydrogen-bond acceptors (Lipinski definition) is 6. The van der Waals surface area contributed by atoms with Crippen LogP contribution >= 0.6 is 0 Å². The van der Waals surface area contributed by atoms with Crippen molar-refractivity contribution in [2.75, 3.05) is 12.4 Å². The number of aromatic nitrogens is 1. The molecule has 3 aromatic rings. The maximum absolute atomic E-state index is 13.0. The van der Waals surface area contributed by atoms with E-state index in [1.54, 1.807) is 24.3 Å². The molecule has 1 N–H and O–H groups in total. The number of pyridine rings is 1. The zero-order chi connectivity index (χ0) is 23.4. The van der Waals surface area contributed by atoms with Crippen molar-refractivity contribution in [2.45, 2.75) is 38.9 Å². The first-order valence-electron chi connectivity index (χ1n) is 10.7. The van der Waals surface area contributed by atoms with Crippen molar-refractivity contribution in [3.8, 4) is 11.5 Å². The quantitative estimate of drug-likeness (QED) is 0.547. The number of carbonyl (C=O) groups is 2. The highest BCUT2D eigenvalue weighted by Gasteiger charge is 2.30. The van der Waals surface area contributed by atoms with Gasteiger partial charge in [-0.05, 0) is 56.5 Å². The number of anilines is 1. The molecule has 7 heteroatoms. The predicted octanol–water partition coefficient (Wildman–Crippen LogP) is 4.80. The molecule has 1 aliphatic heterocycles. The van der Waals surface area contributed by atoms with Gasteiger partial charge in [-0.15, -0.1) is 0 Å². The molecule has 0 unspecified atom stereocenters. The summed E-state index contributed by atoms with van der Waals surface area (Å²) in [5, 5.41) is 2.76. The normalized spacial score (nSPS) is 13.9. The summed E-state index contributed by atoms with van der Waals surface area (Å²) in [7, 11) is 1.30. The number of methoxy groups -OCH3 is 1. The number of carbonyl (C=O) groups excluding carboxylic acids is 2. The largest absolute Gasteiger partial charge is 0.488 e. The van der Waals surface area contributed by atoms with Crippen molar-refractivity contribution in [3.05, 3.63) is 83.0 Å². The maximum Gasteiger partial charge on any atom is 0.339 e. The van der Waals surface area contributed by atoms with Crippen LogP contribution in [0.5, 0.6) is 11.5 Å². The summed E-state index contributed by atoms with van der Waals surface area (Å²) in [5.74, 6) is 0.753. The molecule has 0 radical (unpaired) electrons. The van der Waals surface area contributed by atoms with Crippen molar-refractivity contribution < 1.29 is 23.8 Å². The van der Waals surface area contributed by atoms with E-state index in [1.807, 2.05) is 44.2 Å². The first kappa shape index (κ1) is 22.3. The highest BCUT2D eigenvalue weighted by Crippen LogP contribution is 2.40. The zero-order valence-corrected chi connectivity index (χ0v) is 18.9. The fourth-order valence-electron chi connectivity index (χ4n) is 3.62. The minimum atomic E-state index is -0.491. The van der Waals surface area contributed by atoms with Crippen LogP contribution in [0.4, 0.5) is 5.82 Å². The molecule has 2 heterocycles. The molecule has 0 aliphatic carbocycles. The molecule has 33 heavy (non-hydrogen) atoms. The third-order valence-corrected chi connectivity index (χ3v) is 5.46. The molecule has 0 saturated heterocycles. The first-order chi connectivity index (χ1) is 15.8. The van der Waals surface area contributed by atoms with Crippen LogP contribution in [0.25, 0.3) is 0 Å². The van der Waals surface area contributed by atoms with Crippen LogP contribution < -0.4 is 14.8 Å². The summed E-state index contributed by atoms with van der Waals surface area (Å²) in [6, 6.07) is 16.4. The third kappa shape index (κ3) is 5.31. The van der Waals surface area contributed by atoms with E-state index in [-0.39, 0.29) is 11.5 Å². The molecular weight excluding hydrogens is 420 g/mol. The highest BCUT2D eigenvalue weighted by atomic mass is 16.5. The number of fused-ring (bicyclic) bond motifs is 1. The Hall–Kier alpha value is -3.87. The Labute approximate surface area is 192 Å². The van der Waals surface area contributed by atoms with E-state index in [4.69, 9.17) is 9.47 Å². The Morgan fingerprint density at radius 3 is 2.58 bits per heavy atom. The van der Waals surface area contributed by atoms with Crippen molar-refractivity contribution in [1.29, 1.82) is 0 Å². The molecule has 0 bridgehead atoms. The van der Waals surface area contributed by atoms with Crippen molar-refractivity contribution in [3.63, 3.8) is 0 Å². The lowest BCUT2D eigenvalue weighted by molar-refractivity contribution is 0.0600. The van der Waals surface area contributed by atoms with Gasteiger partial charge >= 0.3 is 5.97 Å². The standard InChI is InChI=1S/C26H26N2O5/c1-26(2)12-11-20-21(32-16-17-7-5-4-6-8-17)13-19(14-22(20)33-26)24(29)28-23-10-9-18(15-27-23)25(30)31-3/h4-10,13-15H,11-12,16H2,1-3H3,(H,27,28,29). The van der Waals surface area contributed by atoms with Gasteiger partial charge in [0.15, 0.2) is 0 Å². The molecule has 0 atom stereocenters. The van der Waals surface area contributed by atoms with E-state index in [0.29, 0.717) is 35.1 Å². The van der Waals surface area contributed by atoms with Crippen LogP contribution in [0.3, 0.4) is 0 Å². The van der Waals surface area contributed by atoms with E-state index in [2.05, 4.69) is 15.0 Å². The Kier molecular flexibility index (Phi) is 6.31. The van der Waals surface area contributed by atoms with Gasteiger partial charge in [0.1, 0.15) is 29.5 Å². The maximum atomic E-state index is 13.0. The number of nitrogens with zero attached hydrogens (tertiary/aromatic N) is 1. The van der Waals surface area contributed by atoms with Gasteiger partial charge in [-0.1, -0.05) is 30.3 Å². The molecule has 1 amide bonds. The van der Waals surface area contributed by atoms with Gasteiger partial charge in [-0.2, -0.15) is 0 Å². The summed E-state index contributed by atoms with van der Waals surface area (Å²) in [6.07, 6.45) is 3.00. The lowest BCUT2D eigenvalue weighted by Crippen LogP contribution is -2.33. The second-order valence-corrected chi connectivity index (χ2v) is 8.46. The van der Waals surface area contributed by atoms with Crippen LogP contribution in [0.1, 0.15) is 52.1 Å². The molecule has 170 valence electrons. The Morgan fingerprint density at radius 1 is 1.09 bits per heavy atom. The van der Waals surface area contributed by atoms with Gasteiger partial charge in [0.05, 0.1) is 12.7 Å². The molecule has 2 aromatic carbocycles. The van der Waals surface area contributed by atoms with Crippen LogP contribution in [0.2, 0.25) is 0 Å². The number of amides is 1. The van der Waals surface area contributed by atoms with Gasteiger partial charge in [0.25, 0.3) is 5.91 Å². The second kappa shape index (κ2) is 9.32. The minimum Gasteiger partial charge on any atom is -0.488 e. The summed E-state index contributed by atoms with van der Waals surface area (Å²) in [4.78, 5) is 28.7. The molecule has 1 aromatic heterocycles. The van der Waals surface area contributed by atoms with E-state index in [1.165, 1.54) is 13.3 Å². The Balaban J connectivity index is 1.59. The molecule has 7 nitrogen and oxygen atoms in total. The number of ether oxygens (including phenoxy) is 3. The summed E-state index contributed by atoms with van der Waals surface area (Å²) < 4.78 is 17.0. The average Bonchev–Trinajstić information content (AvgIpc) is 2.82. The van der Waals surface area contributed by atoms with Crippen LogP contribution in [0, 0.1) is 0 Å². The number of esters is 1. The van der Waals surface area contributed by atoms with E-state index in [9.17, 15) is 9.59 Å². The number of hydrogen-bond donors (Lipinski definition) is 1. The SMILES string of the molecule is COC(=O)c1ccc(NC(=O)c2cc(OCc3ccccc3)c3c(c2)OC(C)(C)CC3)nc1. The summed E-state index contributed by atoms with van der Waals surface area (Å²) in [5.41, 5.74) is 2.37. The molecule has 0 fully saturated rings. The molecule has 4 rings (SSSR count). The van der Waals surface area contributed by atoms with Crippen molar-refractivity contribution in [1.82, 2.24) is 4.98 Å². The van der Waals surface area contributed by atoms with Gasteiger partial charge in [-0.25, -0.2) is 9.78 Å². The van der Waals surface area contributed by atoms with Crippen molar-refractivity contribution in [2.24, 2.45) is 0 Å². The minimum absolute atomic E-state index is 0.302. The lowest BCUT2D eigenvalue weighted by atomic mass is 9.92. The van der Waals surface area contributed by atoms with Crippen molar-refractivity contribution >= 4 is 17.7 Å². The Bertz CT molecular complexity index is 1160. The fourth-order valence-corrected chi connectivity index (χ4v) is 3.62. The number of benzene rings is 2. The smallest absolute Gasteiger partial charge is 0.339 e. The highest BCUT2D eigenvalue weighted by molar-refractivity contribution is 6.04. The molecule has 0 saturated carbocycles. The van der Waals surface area contributed by atoms with Gasteiger partial charge in [0, 0.05) is 17.3 Å². The van der Waals surface area contributed by atoms with E-state index >= 15 is 0 Å². The van der Waals surface area contributed by atoms with Gasteiger partial charge in [-0.3, -0.25) is 4.79 Å². The van der Waals surface area contributed by atoms with Gasteiger partial charge in [0.2, 0.25) is 0 Å². The molecule has 0 spiro atoms. The Morgan fingerprint density at radius 2 is 1.88 bits per heavy atom. The van der Waals surface area contributed by atoms with Crippen LogP contribution in [-0.2, 0) is 17.8 Å². The average molecular weight is 447 g/mol. The second-order valence-electron chi connectivity index (χ2n) is 8.46. The van der Waals surface area contributed by atoms with E-state index < -0.39 is 5.97 Å². The van der Waals surface area contributed by atoms with Crippen LogP contribution in [-0.4, -0.2) is 29.6 Å². The monoisotopic (exact) mass is 446 g/mol. The fraction of sp³-hybridized carbons (Fsp3) is 0.269.